The normalized spacial score (nSPS) is 25.9. The molecule has 1 aliphatic carbocycles. The predicted molar refractivity (Wildman–Crippen MR) is 101 cm³/mol. The fraction of sp³-hybridized carbons (Fsp3) is 0.750. The molecule has 0 aromatic carbocycles. The molecule has 2 heterocycles. The Labute approximate surface area is 175 Å². The standard InChI is InChI=1S/C14H24N4.C6H10O2.Fe/c1-16-7-8-17(2)10-12-18(11-9-16)13-14-5-3-4-6-15-14;7-5-3-1-2-4-6(5)8;/h3-6H,7-13H2,1-2H3;5-6H,1-4H2;/q;-2;+3/i;7+2;. The summed E-state index contributed by atoms with van der Waals surface area (Å²) in [5.74, 6) is 0. The van der Waals surface area contributed by atoms with Crippen molar-refractivity contribution in [2.24, 2.45) is 0 Å². The van der Waals surface area contributed by atoms with Crippen LogP contribution in [0.3, 0.4) is 0 Å². The van der Waals surface area contributed by atoms with Crippen molar-refractivity contribution in [1.82, 2.24) is 19.7 Å². The van der Waals surface area contributed by atoms with Crippen LogP contribution < -0.4 is 10.2 Å². The van der Waals surface area contributed by atoms with E-state index >= 15 is 0 Å². The zero-order valence-corrected chi connectivity index (χ0v) is 17.8. The van der Waals surface area contributed by atoms with E-state index in [1.165, 1.54) is 5.69 Å². The molecule has 1 saturated heterocycles. The molecule has 1 radical (unpaired) electrons. The Kier molecular flexibility index (Phi) is 12.4. The molecule has 6 nitrogen and oxygen atoms in total. The fourth-order valence-corrected chi connectivity index (χ4v) is 3.24. The van der Waals surface area contributed by atoms with Gasteiger partial charge in [0.1, 0.15) is 0 Å². The van der Waals surface area contributed by atoms with Crippen LogP contribution in [0.2, 0.25) is 0 Å². The molecule has 2 atom stereocenters. The second-order valence-corrected chi connectivity index (χ2v) is 7.57. The first-order valence-corrected chi connectivity index (χ1v) is 9.85. The molecule has 2 unspecified atom stereocenters. The Bertz CT molecular complexity index is 470. The van der Waals surface area contributed by atoms with E-state index in [-0.39, 0.29) is 17.1 Å². The van der Waals surface area contributed by atoms with E-state index in [0.29, 0.717) is 12.8 Å². The number of hydrogen-bond acceptors (Lipinski definition) is 6. The van der Waals surface area contributed by atoms with E-state index in [4.69, 9.17) is 0 Å². The van der Waals surface area contributed by atoms with Gasteiger partial charge in [0.25, 0.3) is 0 Å². The Morgan fingerprint density at radius 3 is 2.07 bits per heavy atom. The summed E-state index contributed by atoms with van der Waals surface area (Å²) in [7, 11) is 4.41. The molecule has 1 aromatic heterocycles. The van der Waals surface area contributed by atoms with Crippen molar-refractivity contribution in [2.75, 3.05) is 53.4 Å². The monoisotopic (exact) mass is 420 g/mol. The third-order valence-electron chi connectivity index (χ3n) is 5.21. The van der Waals surface area contributed by atoms with Crippen LogP contribution in [0.15, 0.2) is 24.4 Å². The van der Waals surface area contributed by atoms with Crippen LogP contribution in [0.1, 0.15) is 31.4 Å². The molecule has 0 bridgehead atoms. The molecule has 1 aliphatic heterocycles. The van der Waals surface area contributed by atoms with Gasteiger partial charge in [-0.25, -0.2) is 0 Å². The first-order valence-electron chi connectivity index (χ1n) is 9.85. The minimum atomic E-state index is -0.802. The van der Waals surface area contributed by atoms with Crippen LogP contribution in [0.4, 0.5) is 0 Å². The molecule has 0 amide bonds. The van der Waals surface area contributed by atoms with Crippen LogP contribution in [-0.2, 0) is 23.6 Å². The van der Waals surface area contributed by atoms with E-state index in [1.807, 2.05) is 12.3 Å². The first-order chi connectivity index (χ1) is 12.5. The molecule has 1 saturated carbocycles. The minimum absolute atomic E-state index is 0. The third-order valence-corrected chi connectivity index (χ3v) is 5.21. The van der Waals surface area contributed by atoms with Gasteiger partial charge in [0.15, 0.2) is 0 Å². The molecule has 2 aliphatic rings. The van der Waals surface area contributed by atoms with E-state index < -0.39 is 12.2 Å². The van der Waals surface area contributed by atoms with Gasteiger partial charge in [-0.15, -0.1) is 12.2 Å². The zero-order valence-electron chi connectivity index (χ0n) is 16.7. The number of rotatable bonds is 2. The average Bonchev–Trinajstić information content (AvgIpc) is 2.72. The average molecular weight is 420 g/mol. The predicted octanol–water partition coefficient (Wildman–Crippen LogP) is -0.223. The number of aromatic nitrogens is 1. The quantitative estimate of drug-likeness (QED) is 0.487. The summed E-state index contributed by atoms with van der Waals surface area (Å²) in [4.78, 5) is 11.7. The van der Waals surface area contributed by atoms with Gasteiger partial charge >= 0.3 is 17.1 Å². The van der Waals surface area contributed by atoms with Crippen molar-refractivity contribution in [3.05, 3.63) is 30.1 Å². The summed E-state index contributed by atoms with van der Waals surface area (Å²) in [5, 5.41) is 21.1. The van der Waals surface area contributed by atoms with Gasteiger partial charge in [-0.3, -0.25) is 9.88 Å². The molecule has 0 N–H and O–H groups in total. The molecular weight excluding hydrogens is 386 g/mol. The topological polar surface area (TPSA) is 68.7 Å². The Balaban J connectivity index is 0.000000342. The van der Waals surface area contributed by atoms with Gasteiger partial charge in [0, 0.05) is 52.0 Å². The van der Waals surface area contributed by atoms with Crippen LogP contribution in [-0.4, -0.2) is 85.3 Å². The van der Waals surface area contributed by atoms with Crippen molar-refractivity contribution in [3.63, 3.8) is 0 Å². The molecule has 2 fully saturated rings. The summed E-state index contributed by atoms with van der Waals surface area (Å²) in [6.07, 6.45) is 3.42. The summed E-state index contributed by atoms with van der Waals surface area (Å²) < 4.78 is 0. The van der Waals surface area contributed by atoms with Crippen molar-refractivity contribution in [2.45, 2.75) is 44.4 Å². The maximum Gasteiger partial charge on any atom is 3.00 e. The second kappa shape index (κ2) is 13.6. The number of nitrogens with zero attached hydrogens (tertiary/aromatic N) is 4. The zero-order chi connectivity index (χ0) is 18.8. The van der Waals surface area contributed by atoms with Crippen LogP contribution in [0, 0.1) is 0 Å². The van der Waals surface area contributed by atoms with Crippen molar-refractivity contribution in [3.8, 4) is 0 Å². The molecule has 153 valence electrons. The largest absolute Gasteiger partial charge is 3.00 e. The van der Waals surface area contributed by atoms with Crippen LogP contribution in [0.25, 0.3) is 0 Å². The van der Waals surface area contributed by atoms with Crippen molar-refractivity contribution in [1.29, 1.82) is 0 Å². The van der Waals surface area contributed by atoms with Crippen molar-refractivity contribution >= 4 is 0 Å². The summed E-state index contributed by atoms with van der Waals surface area (Å²) in [6, 6.07) is 6.15. The first kappa shape index (κ1) is 24.5. The van der Waals surface area contributed by atoms with E-state index in [0.717, 1.165) is 58.7 Å². The van der Waals surface area contributed by atoms with E-state index in [9.17, 15) is 10.2 Å². The van der Waals surface area contributed by atoms with Crippen molar-refractivity contribution < 1.29 is 27.3 Å². The minimum Gasteiger partial charge on any atom is -0.853 e. The van der Waals surface area contributed by atoms with Gasteiger partial charge < -0.3 is 20.0 Å². The van der Waals surface area contributed by atoms with Gasteiger partial charge in [-0.2, -0.15) is 0 Å². The van der Waals surface area contributed by atoms with Crippen LogP contribution in [0.5, 0.6) is 0 Å². The van der Waals surface area contributed by atoms with Crippen LogP contribution >= 0.6 is 0 Å². The number of hydrogen-bond donors (Lipinski definition) is 0. The van der Waals surface area contributed by atoms with E-state index in [1.54, 1.807) is 0 Å². The Morgan fingerprint density at radius 2 is 1.59 bits per heavy atom. The smallest absolute Gasteiger partial charge is 0.853 e. The maximum absolute atomic E-state index is 10.6. The second-order valence-electron chi connectivity index (χ2n) is 7.57. The van der Waals surface area contributed by atoms with Gasteiger partial charge in [-0.1, -0.05) is 31.7 Å². The maximum atomic E-state index is 10.6. The molecule has 27 heavy (non-hydrogen) atoms. The molecule has 7 heteroatoms. The molecule has 1 aromatic rings. The van der Waals surface area contributed by atoms with Gasteiger partial charge in [0.2, 0.25) is 0 Å². The van der Waals surface area contributed by atoms with E-state index in [2.05, 4.69) is 45.9 Å². The van der Waals surface area contributed by atoms with Gasteiger partial charge in [-0.05, 0) is 26.2 Å². The fourth-order valence-electron chi connectivity index (χ4n) is 3.24. The summed E-state index contributed by atoms with van der Waals surface area (Å²) in [5.41, 5.74) is 1.17. The molecule has 0 spiro atoms. The van der Waals surface area contributed by atoms with Gasteiger partial charge in [0.05, 0.1) is 5.69 Å². The SMILES string of the molecule is CN1CCN(C)CCN(Cc2ccccn2)CC1.[Fe+3].[O-]C1CCCCC1[18O-]. The summed E-state index contributed by atoms with van der Waals surface area (Å²) in [6.45, 7) is 7.81. The molecular formula is C20H34FeN4O2+. The third kappa shape index (κ3) is 9.99. The number of pyridine rings is 1. The number of likely N-dealkylation sites (N-methyl/N-ethyl adjacent to an activating group) is 2. The Hall–Kier alpha value is -0.531. The molecule has 3 rings (SSSR count). The summed E-state index contributed by atoms with van der Waals surface area (Å²) >= 11 is 0. The Morgan fingerprint density at radius 1 is 1.00 bits per heavy atom.